The van der Waals surface area contributed by atoms with E-state index in [-0.39, 0.29) is 6.04 Å². The first-order valence-electron chi connectivity index (χ1n) is 6.26. The fourth-order valence-corrected chi connectivity index (χ4v) is 1.79. The lowest BCUT2D eigenvalue weighted by molar-refractivity contribution is 0.419. The van der Waals surface area contributed by atoms with Crippen molar-refractivity contribution in [1.82, 2.24) is 10.1 Å². The van der Waals surface area contributed by atoms with E-state index in [9.17, 15) is 0 Å². The van der Waals surface area contributed by atoms with Gasteiger partial charge in [0.2, 0.25) is 0 Å². The van der Waals surface area contributed by atoms with Crippen molar-refractivity contribution in [2.24, 2.45) is 5.73 Å². The number of benzene rings is 1. The normalized spacial score (nSPS) is 12.7. The number of hydrogen-bond donors (Lipinski definition) is 1. The molecule has 1 atom stereocenters. The van der Waals surface area contributed by atoms with Crippen molar-refractivity contribution in [2.45, 2.75) is 39.7 Å². The molecule has 4 nitrogen and oxygen atoms in total. The molecule has 0 saturated heterocycles. The molecule has 0 bridgehead atoms. The molecule has 1 heterocycles. The van der Waals surface area contributed by atoms with Gasteiger partial charge in [-0.25, -0.2) is 0 Å². The van der Waals surface area contributed by atoms with Crippen LogP contribution in [0.1, 0.15) is 30.3 Å². The van der Waals surface area contributed by atoms with Crippen LogP contribution >= 0.6 is 0 Å². The lowest BCUT2D eigenvalue weighted by Gasteiger charge is -2.03. The Bertz CT molecular complexity index is 534. The Morgan fingerprint density at radius 3 is 2.83 bits per heavy atom. The summed E-state index contributed by atoms with van der Waals surface area (Å²) in [7, 11) is 0. The van der Waals surface area contributed by atoms with E-state index in [1.54, 1.807) is 0 Å². The van der Waals surface area contributed by atoms with Crippen LogP contribution < -0.4 is 5.73 Å². The summed E-state index contributed by atoms with van der Waals surface area (Å²) in [6, 6.07) is 6.29. The van der Waals surface area contributed by atoms with Gasteiger partial charge in [-0.15, -0.1) is 0 Å². The van der Waals surface area contributed by atoms with Gasteiger partial charge in [-0.1, -0.05) is 29.8 Å². The first-order valence-corrected chi connectivity index (χ1v) is 6.26. The topological polar surface area (TPSA) is 64.9 Å². The second-order valence-corrected chi connectivity index (χ2v) is 4.71. The maximum atomic E-state index is 5.89. The molecule has 1 aromatic carbocycles. The summed E-state index contributed by atoms with van der Waals surface area (Å²) in [6.45, 7) is 6.14. The van der Waals surface area contributed by atoms with E-state index < -0.39 is 0 Å². The lowest BCUT2D eigenvalue weighted by atomic mass is 10.1. The first kappa shape index (κ1) is 12.8. The van der Waals surface area contributed by atoms with Crippen molar-refractivity contribution in [1.29, 1.82) is 0 Å². The van der Waals surface area contributed by atoms with E-state index in [2.05, 4.69) is 35.3 Å². The Hall–Kier alpha value is -1.68. The molecule has 2 aromatic rings. The Balaban J connectivity index is 2.26. The largest absolute Gasteiger partial charge is 0.334 e. The predicted molar refractivity (Wildman–Crippen MR) is 71.2 cm³/mol. The zero-order valence-electron chi connectivity index (χ0n) is 11.1. The SMILES string of the molecule is CCC(N)Cc1noc(-c2cc(C)ccc2C)n1. The van der Waals surface area contributed by atoms with Gasteiger partial charge in [0.15, 0.2) is 5.82 Å². The predicted octanol–water partition coefficient (Wildman–Crippen LogP) is 2.63. The second kappa shape index (κ2) is 5.31. The molecule has 0 radical (unpaired) electrons. The summed E-state index contributed by atoms with van der Waals surface area (Å²) in [6.07, 6.45) is 1.57. The smallest absolute Gasteiger partial charge is 0.258 e. The third-order valence-electron chi connectivity index (χ3n) is 3.06. The van der Waals surface area contributed by atoms with E-state index in [0.717, 1.165) is 17.5 Å². The highest BCUT2D eigenvalue weighted by molar-refractivity contribution is 5.59. The molecule has 96 valence electrons. The van der Waals surface area contributed by atoms with Crippen LogP contribution in [0, 0.1) is 13.8 Å². The highest BCUT2D eigenvalue weighted by atomic mass is 16.5. The van der Waals surface area contributed by atoms with E-state index >= 15 is 0 Å². The lowest BCUT2D eigenvalue weighted by Crippen LogP contribution is -2.21. The van der Waals surface area contributed by atoms with Crippen LogP contribution in [0.5, 0.6) is 0 Å². The van der Waals surface area contributed by atoms with Gasteiger partial charge in [-0.05, 0) is 31.9 Å². The van der Waals surface area contributed by atoms with Crippen molar-refractivity contribution >= 4 is 0 Å². The highest BCUT2D eigenvalue weighted by Gasteiger charge is 2.13. The minimum atomic E-state index is 0.0917. The van der Waals surface area contributed by atoms with Crippen LogP contribution in [0.2, 0.25) is 0 Å². The third-order valence-corrected chi connectivity index (χ3v) is 3.06. The van der Waals surface area contributed by atoms with Gasteiger partial charge < -0.3 is 10.3 Å². The van der Waals surface area contributed by atoms with Gasteiger partial charge in [0, 0.05) is 18.0 Å². The molecule has 0 spiro atoms. The average molecular weight is 245 g/mol. The molecule has 0 aliphatic heterocycles. The summed E-state index contributed by atoms with van der Waals surface area (Å²) in [4.78, 5) is 4.41. The van der Waals surface area contributed by atoms with Crippen molar-refractivity contribution in [3.05, 3.63) is 35.2 Å². The summed E-state index contributed by atoms with van der Waals surface area (Å²) >= 11 is 0. The number of nitrogens with two attached hydrogens (primary N) is 1. The van der Waals surface area contributed by atoms with Crippen molar-refractivity contribution in [3.63, 3.8) is 0 Å². The minimum Gasteiger partial charge on any atom is -0.334 e. The van der Waals surface area contributed by atoms with Crippen LogP contribution in [0.3, 0.4) is 0 Å². The molecule has 4 heteroatoms. The van der Waals surface area contributed by atoms with Crippen LogP contribution in [0.15, 0.2) is 22.7 Å². The van der Waals surface area contributed by atoms with Gasteiger partial charge in [-0.3, -0.25) is 0 Å². The van der Waals surface area contributed by atoms with Gasteiger partial charge in [-0.2, -0.15) is 4.98 Å². The Morgan fingerprint density at radius 1 is 1.33 bits per heavy atom. The van der Waals surface area contributed by atoms with E-state index in [1.807, 2.05) is 13.8 Å². The molecular formula is C14H19N3O. The molecule has 1 aromatic heterocycles. The number of aromatic nitrogens is 2. The quantitative estimate of drug-likeness (QED) is 0.899. The summed E-state index contributed by atoms with van der Waals surface area (Å²) in [5.74, 6) is 1.26. The molecule has 0 amide bonds. The number of nitrogens with zero attached hydrogens (tertiary/aromatic N) is 2. The summed E-state index contributed by atoms with van der Waals surface area (Å²) in [5, 5.41) is 3.99. The van der Waals surface area contributed by atoms with Gasteiger partial charge in [0.05, 0.1) is 0 Å². The third kappa shape index (κ3) is 2.76. The van der Waals surface area contributed by atoms with Crippen molar-refractivity contribution in [3.8, 4) is 11.5 Å². The van der Waals surface area contributed by atoms with Crippen LogP contribution in [-0.2, 0) is 6.42 Å². The molecule has 2 N–H and O–H groups in total. The molecule has 2 rings (SSSR count). The fourth-order valence-electron chi connectivity index (χ4n) is 1.79. The number of rotatable bonds is 4. The average Bonchev–Trinajstić information content (AvgIpc) is 2.80. The zero-order chi connectivity index (χ0) is 13.1. The zero-order valence-corrected chi connectivity index (χ0v) is 11.1. The standard InChI is InChI=1S/C14H19N3O/c1-4-11(15)8-13-16-14(18-17-13)12-7-9(2)5-6-10(12)3/h5-7,11H,4,8,15H2,1-3H3. The first-order chi connectivity index (χ1) is 8.60. The molecule has 18 heavy (non-hydrogen) atoms. The van der Waals surface area contributed by atoms with Gasteiger partial charge in [0.1, 0.15) is 0 Å². The summed E-state index contributed by atoms with van der Waals surface area (Å²) in [5.41, 5.74) is 9.20. The molecule has 0 aliphatic rings. The molecule has 0 aliphatic carbocycles. The number of aryl methyl sites for hydroxylation is 2. The van der Waals surface area contributed by atoms with Crippen LogP contribution in [-0.4, -0.2) is 16.2 Å². The number of hydrogen-bond acceptors (Lipinski definition) is 4. The maximum Gasteiger partial charge on any atom is 0.258 e. The molecule has 0 fully saturated rings. The van der Waals surface area contributed by atoms with E-state index in [1.165, 1.54) is 5.56 Å². The van der Waals surface area contributed by atoms with Crippen molar-refractivity contribution in [2.75, 3.05) is 0 Å². The van der Waals surface area contributed by atoms with Gasteiger partial charge in [0.25, 0.3) is 5.89 Å². The Kier molecular flexibility index (Phi) is 3.77. The monoisotopic (exact) mass is 245 g/mol. The van der Waals surface area contributed by atoms with Crippen molar-refractivity contribution < 1.29 is 4.52 Å². The Labute approximate surface area is 107 Å². The van der Waals surface area contributed by atoms with Crippen LogP contribution in [0.4, 0.5) is 0 Å². The second-order valence-electron chi connectivity index (χ2n) is 4.71. The van der Waals surface area contributed by atoms with E-state index in [4.69, 9.17) is 10.3 Å². The van der Waals surface area contributed by atoms with Gasteiger partial charge >= 0.3 is 0 Å². The minimum absolute atomic E-state index is 0.0917. The Morgan fingerprint density at radius 2 is 2.11 bits per heavy atom. The maximum absolute atomic E-state index is 5.89. The molecule has 0 saturated carbocycles. The van der Waals surface area contributed by atoms with E-state index in [0.29, 0.717) is 18.1 Å². The molecule has 1 unspecified atom stereocenters. The fraction of sp³-hybridized carbons (Fsp3) is 0.429. The summed E-state index contributed by atoms with van der Waals surface area (Å²) < 4.78 is 5.32. The van der Waals surface area contributed by atoms with Crippen LogP contribution in [0.25, 0.3) is 11.5 Å². The highest BCUT2D eigenvalue weighted by Crippen LogP contribution is 2.23. The molecular weight excluding hydrogens is 226 g/mol.